The summed E-state index contributed by atoms with van der Waals surface area (Å²) in [6, 6.07) is 6.66. The third-order valence-electron chi connectivity index (χ3n) is 5.45. The van der Waals surface area contributed by atoms with E-state index in [2.05, 4.69) is 12.2 Å². The van der Waals surface area contributed by atoms with Gasteiger partial charge in [0.25, 0.3) is 0 Å². The molecule has 1 heterocycles. The van der Waals surface area contributed by atoms with E-state index in [0.717, 1.165) is 31.4 Å². The zero-order valence-electron chi connectivity index (χ0n) is 14.8. The average Bonchev–Trinajstić information content (AvgIpc) is 3.43. The minimum absolute atomic E-state index is 0.0227. The topological polar surface area (TPSA) is 49.4 Å². The van der Waals surface area contributed by atoms with Crippen molar-refractivity contribution in [3.8, 4) is 0 Å². The molecule has 2 aliphatic rings. The number of nitrogens with one attached hydrogen (secondary N) is 1. The van der Waals surface area contributed by atoms with E-state index in [1.54, 1.807) is 12.1 Å². The molecule has 25 heavy (non-hydrogen) atoms. The largest absolute Gasteiger partial charge is 0.356 e. The molecular formula is C20H27FN2O2. The van der Waals surface area contributed by atoms with Crippen LogP contribution >= 0.6 is 0 Å². The number of halogens is 1. The first kappa shape index (κ1) is 17.9. The van der Waals surface area contributed by atoms with Crippen LogP contribution in [0.1, 0.15) is 44.6 Å². The van der Waals surface area contributed by atoms with Gasteiger partial charge < -0.3 is 10.2 Å². The number of benzene rings is 1. The van der Waals surface area contributed by atoms with Crippen LogP contribution in [0.15, 0.2) is 24.3 Å². The second-order valence-electron chi connectivity index (χ2n) is 7.21. The summed E-state index contributed by atoms with van der Waals surface area (Å²) in [5.74, 6) is -0.399. The second-order valence-corrected chi connectivity index (χ2v) is 7.21. The molecule has 1 N–H and O–H groups in total. The van der Waals surface area contributed by atoms with E-state index in [9.17, 15) is 14.0 Å². The highest BCUT2D eigenvalue weighted by molar-refractivity contribution is 5.92. The van der Waals surface area contributed by atoms with Crippen molar-refractivity contribution in [2.24, 2.45) is 11.8 Å². The van der Waals surface area contributed by atoms with Gasteiger partial charge in [0, 0.05) is 19.1 Å². The number of amides is 2. The molecule has 4 nitrogen and oxygen atoms in total. The predicted molar refractivity (Wildman–Crippen MR) is 94.4 cm³/mol. The molecule has 3 atom stereocenters. The van der Waals surface area contributed by atoms with Crippen molar-refractivity contribution in [1.82, 2.24) is 10.2 Å². The van der Waals surface area contributed by atoms with Crippen LogP contribution in [0.25, 0.3) is 0 Å². The smallest absolute Gasteiger partial charge is 0.226 e. The molecule has 1 aromatic carbocycles. The Hall–Kier alpha value is -1.91. The normalized spacial score (nSPS) is 25.5. The van der Waals surface area contributed by atoms with Crippen LogP contribution in [0.5, 0.6) is 0 Å². The minimum atomic E-state index is -0.254. The van der Waals surface area contributed by atoms with Crippen molar-refractivity contribution in [2.45, 2.75) is 51.5 Å². The number of hydrogen-bond acceptors (Lipinski definition) is 2. The molecule has 2 fully saturated rings. The zero-order valence-corrected chi connectivity index (χ0v) is 14.8. The monoisotopic (exact) mass is 346 g/mol. The minimum Gasteiger partial charge on any atom is -0.356 e. The van der Waals surface area contributed by atoms with Crippen LogP contribution in [0.3, 0.4) is 0 Å². The Morgan fingerprint density at radius 3 is 2.68 bits per heavy atom. The lowest BCUT2D eigenvalue weighted by atomic mass is 9.99. The van der Waals surface area contributed by atoms with Crippen molar-refractivity contribution in [1.29, 1.82) is 0 Å². The highest BCUT2D eigenvalue weighted by Gasteiger charge is 2.50. The van der Waals surface area contributed by atoms with Crippen LogP contribution in [-0.4, -0.2) is 35.8 Å². The molecule has 1 saturated heterocycles. The Kier molecular flexibility index (Phi) is 5.71. The Balaban J connectivity index is 1.43. The molecular weight excluding hydrogens is 319 g/mol. The fraction of sp³-hybridized carbons (Fsp3) is 0.600. The number of rotatable bonds is 6. The van der Waals surface area contributed by atoms with E-state index in [0.29, 0.717) is 25.4 Å². The lowest BCUT2D eigenvalue weighted by Crippen LogP contribution is -2.44. The number of likely N-dealkylation sites (tertiary alicyclic amines) is 1. The van der Waals surface area contributed by atoms with Gasteiger partial charge >= 0.3 is 0 Å². The molecule has 1 saturated carbocycles. The van der Waals surface area contributed by atoms with Crippen LogP contribution in [0.4, 0.5) is 4.39 Å². The number of piperidine rings is 1. The van der Waals surface area contributed by atoms with Crippen LogP contribution < -0.4 is 5.32 Å². The van der Waals surface area contributed by atoms with Gasteiger partial charge in [-0.15, -0.1) is 0 Å². The number of hydrogen-bond donors (Lipinski definition) is 1. The summed E-state index contributed by atoms with van der Waals surface area (Å²) in [4.78, 5) is 27.0. The van der Waals surface area contributed by atoms with Gasteiger partial charge in [0.15, 0.2) is 0 Å². The molecule has 5 heteroatoms. The molecule has 1 aromatic rings. The first-order chi connectivity index (χ1) is 12.1. The fourth-order valence-electron chi connectivity index (χ4n) is 3.80. The van der Waals surface area contributed by atoms with Crippen molar-refractivity contribution < 1.29 is 14.0 Å². The maximum absolute atomic E-state index is 12.9. The van der Waals surface area contributed by atoms with Crippen molar-refractivity contribution in [3.63, 3.8) is 0 Å². The van der Waals surface area contributed by atoms with Gasteiger partial charge in [-0.2, -0.15) is 0 Å². The van der Waals surface area contributed by atoms with E-state index < -0.39 is 0 Å². The first-order valence-corrected chi connectivity index (χ1v) is 9.42. The van der Waals surface area contributed by atoms with Gasteiger partial charge in [-0.1, -0.05) is 19.1 Å². The maximum atomic E-state index is 12.9. The summed E-state index contributed by atoms with van der Waals surface area (Å²) in [7, 11) is 0. The molecule has 1 aliphatic heterocycles. The van der Waals surface area contributed by atoms with E-state index >= 15 is 0 Å². The Labute approximate surface area is 148 Å². The molecule has 136 valence electrons. The van der Waals surface area contributed by atoms with Gasteiger partial charge in [-0.25, -0.2) is 4.39 Å². The lowest BCUT2D eigenvalue weighted by Gasteiger charge is -2.35. The average molecular weight is 346 g/mol. The van der Waals surface area contributed by atoms with Crippen molar-refractivity contribution >= 4 is 11.8 Å². The molecule has 2 amide bonds. The number of carbonyl (C=O) groups is 2. The van der Waals surface area contributed by atoms with Crippen LogP contribution in [0.2, 0.25) is 0 Å². The second kappa shape index (κ2) is 7.98. The summed E-state index contributed by atoms with van der Waals surface area (Å²) in [6.45, 7) is 3.48. The van der Waals surface area contributed by atoms with Gasteiger partial charge in [0.1, 0.15) is 5.82 Å². The highest BCUT2D eigenvalue weighted by atomic mass is 19.1. The first-order valence-electron chi connectivity index (χ1n) is 9.42. The third kappa shape index (κ3) is 4.39. The van der Waals surface area contributed by atoms with E-state index in [1.165, 1.54) is 18.6 Å². The fourth-order valence-corrected chi connectivity index (χ4v) is 3.80. The number of nitrogens with zero attached hydrogens (tertiary/aromatic N) is 1. The van der Waals surface area contributed by atoms with Gasteiger partial charge in [0.05, 0.1) is 11.8 Å². The van der Waals surface area contributed by atoms with E-state index in [1.807, 2.05) is 4.90 Å². The summed E-state index contributed by atoms with van der Waals surface area (Å²) in [5.41, 5.74) is 0.990. The van der Waals surface area contributed by atoms with Crippen LogP contribution in [-0.2, 0) is 16.0 Å². The predicted octanol–water partition coefficient (Wildman–Crippen LogP) is 2.91. The summed E-state index contributed by atoms with van der Waals surface area (Å²) < 4.78 is 12.9. The van der Waals surface area contributed by atoms with E-state index in [-0.39, 0.29) is 29.5 Å². The molecule has 0 radical (unpaired) electrons. The standard InChI is InChI=1S/C20H27FN2O2/c1-2-16-5-3-4-12-23(16)20(25)18-13-17(18)19(24)22-11-10-14-6-8-15(21)9-7-14/h6-9,16-18H,2-5,10-13H2,1H3,(H,22,24). The molecule has 0 spiro atoms. The van der Waals surface area contributed by atoms with Crippen molar-refractivity contribution in [3.05, 3.63) is 35.6 Å². The summed E-state index contributed by atoms with van der Waals surface area (Å²) in [6.07, 6.45) is 5.69. The molecule has 3 rings (SSSR count). The Morgan fingerprint density at radius 2 is 1.96 bits per heavy atom. The molecule has 1 aliphatic carbocycles. The van der Waals surface area contributed by atoms with E-state index in [4.69, 9.17) is 0 Å². The Bertz CT molecular complexity index is 617. The summed E-state index contributed by atoms with van der Waals surface area (Å²) in [5, 5.41) is 2.92. The third-order valence-corrected chi connectivity index (χ3v) is 5.45. The Morgan fingerprint density at radius 1 is 1.20 bits per heavy atom. The van der Waals surface area contributed by atoms with Gasteiger partial charge in [-0.05, 0) is 56.2 Å². The van der Waals surface area contributed by atoms with Gasteiger partial charge in [0.2, 0.25) is 11.8 Å². The van der Waals surface area contributed by atoms with Crippen molar-refractivity contribution in [2.75, 3.05) is 13.1 Å². The molecule has 0 bridgehead atoms. The molecule has 0 aromatic heterocycles. The highest BCUT2D eigenvalue weighted by Crippen LogP contribution is 2.41. The number of carbonyl (C=O) groups excluding carboxylic acids is 2. The SMILES string of the molecule is CCC1CCCCN1C(=O)C1CC1C(=O)NCCc1ccc(F)cc1. The van der Waals surface area contributed by atoms with Crippen LogP contribution in [0, 0.1) is 17.7 Å². The maximum Gasteiger partial charge on any atom is 0.226 e. The summed E-state index contributed by atoms with van der Waals surface area (Å²) >= 11 is 0. The lowest BCUT2D eigenvalue weighted by molar-refractivity contribution is -0.138. The molecule has 3 unspecified atom stereocenters. The zero-order chi connectivity index (χ0) is 17.8. The van der Waals surface area contributed by atoms with Gasteiger partial charge in [-0.3, -0.25) is 9.59 Å². The quantitative estimate of drug-likeness (QED) is 0.861.